The van der Waals surface area contributed by atoms with E-state index in [-0.39, 0.29) is 10.8 Å². The van der Waals surface area contributed by atoms with Crippen LogP contribution in [-0.2, 0) is 22.9 Å². The van der Waals surface area contributed by atoms with Crippen molar-refractivity contribution in [2.45, 2.75) is 31.1 Å². The fourth-order valence-electron chi connectivity index (χ4n) is 3.86. The van der Waals surface area contributed by atoms with Crippen LogP contribution < -0.4 is 9.62 Å². The van der Waals surface area contributed by atoms with Crippen LogP contribution >= 0.6 is 11.6 Å². The summed E-state index contributed by atoms with van der Waals surface area (Å²) in [6, 6.07) is 19.2. The summed E-state index contributed by atoms with van der Waals surface area (Å²) in [5, 5.41) is 0.503. The number of para-hydroxylation sites is 1. The molecular formula is C24H23ClN2O3S. The summed E-state index contributed by atoms with van der Waals surface area (Å²) in [5.74, 6) is -0.144. The second-order valence-corrected chi connectivity index (χ2v) is 9.60. The number of aryl methyl sites for hydroxylation is 2. The van der Waals surface area contributed by atoms with Crippen molar-refractivity contribution in [3.05, 3.63) is 88.4 Å². The van der Waals surface area contributed by atoms with Crippen LogP contribution in [0.15, 0.2) is 71.6 Å². The fourth-order valence-corrected chi connectivity index (χ4v) is 5.20. The molecule has 1 amide bonds. The van der Waals surface area contributed by atoms with E-state index in [1.807, 2.05) is 25.1 Å². The number of carbonyl (C=O) groups is 1. The molecule has 4 rings (SSSR count). The molecule has 0 aliphatic carbocycles. The number of nitrogens with one attached hydrogen (secondary N) is 1. The van der Waals surface area contributed by atoms with Gasteiger partial charge in [0, 0.05) is 22.8 Å². The second-order valence-electron chi connectivity index (χ2n) is 7.48. The Morgan fingerprint density at radius 3 is 2.65 bits per heavy atom. The minimum atomic E-state index is -3.75. The Kier molecular flexibility index (Phi) is 6.03. The third-order valence-corrected chi connectivity index (χ3v) is 7.04. The molecule has 1 heterocycles. The lowest BCUT2D eigenvalue weighted by Crippen LogP contribution is -2.35. The number of hydrogen-bond donors (Lipinski definition) is 1. The maximum absolute atomic E-state index is 13.0. The molecule has 160 valence electrons. The molecule has 0 atom stereocenters. The van der Waals surface area contributed by atoms with Gasteiger partial charge in [-0.25, -0.2) is 8.42 Å². The third-order valence-electron chi connectivity index (χ3n) is 5.44. The fraction of sp³-hybridized carbons (Fsp3) is 0.208. The predicted octanol–water partition coefficient (Wildman–Crippen LogP) is 5.30. The maximum atomic E-state index is 13.0. The lowest BCUT2D eigenvalue weighted by molar-refractivity contribution is 0.0985. The summed E-state index contributed by atoms with van der Waals surface area (Å²) in [7, 11) is -3.75. The van der Waals surface area contributed by atoms with Crippen molar-refractivity contribution < 1.29 is 13.2 Å². The average molecular weight is 455 g/mol. The molecule has 1 aliphatic heterocycles. The molecular weight excluding hydrogens is 432 g/mol. The van der Waals surface area contributed by atoms with Gasteiger partial charge in [-0.05, 0) is 72.9 Å². The lowest BCUT2D eigenvalue weighted by atomic mass is 10.0. The van der Waals surface area contributed by atoms with Gasteiger partial charge in [-0.3, -0.25) is 9.52 Å². The number of fused-ring (bicyclic) bond motifs is 1. The minimum Gasteiger partial charge on any atom is -0.308 e. The van der Waals surface area contributed by atoms with Gasteiger partial charge in [-0.2, -0.15) is 0 Å². The third kappa shape index (κ3) is 4.45. The first-order valence-corrected chi connectivity index (χ1v) is 12.1. The standard InChI is InChI=1S/C24H23ClN2O3S/c1-2-17-7-3-4-11-22(17)26-31(29,30)21-12-13-23-18(16-21)9-6-14-27(23)24(28)19-8-5-10-20(25)15-19/h3-5,7-8,10-13,15-16,26H,2,6,9,14H2,1H3. The predicted molar refractivity (Wildman–Crippen MR) is 125 cm³/mol. The number of sulfonamides is 1. The number of rotatable bonds is 5. The van der Waals surface area contributed by atoms with Crippen molar-refractivity contribution in [2.75, 3.05) is 16.2 Å². The zero-order valence-corrected chi connectivity index (χ0v) is 18.7. The molecule has 0 aromatic heterocycles. The van der Waals surface area contributed by atoms with E-state index in [4.69, 9.17) is 11.6 Å². The van der Waals surface area contributed by atoms with Crippen LogP contribution in [-0.4, -0.2) is 20.9 Å². The number of carbonyl (C=O) groups excluding carboxylic acids is 1. The van der Waals surface area contributed by atoms with Gasteiger partial charge in [0.2, 0.25) is 0 Å². The Morgan fingerprint density at radius 1 is 1.06 bits per heavy atom. The second kappa shape index (κ2) is 8.73. The van der Waals surface area contributed by atoms with Gasteiger partial charge in [0.1, 0.15) is 0 Å². The highest BCUT2D eigenvalue weighted by Crippen LogP contribution is 2.32. The summed E-state index contributed by atoms with van der Waals surface area (Å²) >= 11 is 6.04. The first-order valence-electron chi connectivity index (χ1n) is 10.2. The Hall–Kier alpha value is -2.83. The van der Waals surface area contributed by atoms with Gasteiger partial charge in [-0.1, -0.05) is 42.8 Å². The number of halogens is 1. The van der Waals surface area contributed by atoms with Crippen LogP contribution in [0.2, 0.25) is 5.02 Å². The van der Waals surface area contributed by atoms with Crippen LogP contribution in [0, 0.1) is 0 Å². The molecule has 31 heavy (non-hydrogen) atoms. The van der Waals surface area contributed by atoms with Crippen molar-refractivity contribution in [3.8, 4) is 0 Å². The summed E-state index contributed by atoms with van der Waals surface area (Å²) in [4.78, 5) is 14.9. The Labute approximate surface area is 187 Å². The van der Waals surface area contributed by atoms with Crippen LogP contribution in [0.25, 0.3) is 0 Å². The van der Waals surface area contributed by atoms with Gasteiger partial charge in [0.05, 0.1) is 10.6 Å². The zero-order valence-electron chi connectivity index (χ0n) is 17.1. The topological polar surface area (TPSA) is 66.5 Å². The molecule has 1 aliphatic rings. The normalized spacial score (nSPS) is 13.5. The van der Waals surface area contributed by atoms with Gasteiger partial charge >= 0.3 is 0 Å². The van der Waals surface area contributed by atoms with E-state index < -0.39 is 10.0 Å². The first-order chi connectivity index (χ1) is 14.9. The summed E-state index contributed by atoms with van der Waals surface area (Å²) in [5.41, 5.74) is 3.61. The van der Waals surface area contributed by atoms with Crippen LogP contribution in [0.4, 0.5) is 11.4 Å². The number of nitrogens with zero attached hydrogens (tertiary/aromatic N) is 1. The summed E-state index contributed by atoms with van der Waals surface area (Å²) in [6.07, 6.45) is 2.20. The number of anilines is 2. The minimum absolute atomic E-state index is 0.144. The lowest BCUT2D eigenvalue weighted by Gasteiger charge is -2.30. The van der Waals surface area contributed by atoms with E-state index in [0.29, 0.717) is 29.2 Å². The molecule has 0 saturated carbocycles. The summed E-state index contributed by atoms with van der Waals surface area (Å²) in [6.45, 7) is 2.56. The summed E-state index contributed by atoms with van der Waals surface area (Å²) < 4.78 is 28.8. The molecule has 0 radical (unpaired) electrons. The molecule has 3 aromatic carbocycles. The number of amides is 1. The van der Waals surface area contributed by atoms with Crippen LogP contribution in [0.3, 0.4) is 0 Å². The van der Waals surface area contributed by atoms with Crippen molar-refractivity contribution in [2.24, 2.45) is 0 Å². The highest BCUT2D eigenvalue weighted by Gasteiger charge is 2.26. The Morgan fingerprint density at radius 2 is 1.87 bits per heavy atom. The van der Waals surface area contributed by atoms with E-state index in [9.17, 15) is 13.2 Å². The first kappa shape index (κ1) is 21.4. The number of hydrogen-bond acceptors (Lipinski definition) is 3. The molecule has 0 saturated heterocycles. The molecule has 3 aromatic rings. The van der Waals surface area contributed by atoms with Gasteiger partial charge < -0.3 is 4.90 Å². The molecule has 0 spiro atoms. The monoisotopic (exact) mass is 454 g/mol. The molecule has 7 heteroatoms. The molecule has 0 bridgehead atoms. The molecule has 1 N–H and O–H groups in total. The largest absolute Gasteiger partial charge is 0.308 e. The Balaban J connectivity index is 1.64. The van der Waals surface area contributed by atoms with Crippen molar-refractivity contribution in [1.29, 1.82) is 0 Å². The van der Waals surface area contributed by atoms with Gasteiger partial charge in [-0.15, -0.1) is 0 Å². The molecule has 0 fully saturated rings. The van der Waals surface area contributed by atoms with Crippen LogP contribution in [0.1, 0.15) is 34.8 Å². The quantitative estimate of drug-likeness (QED) is 0.569. The maximum Gasteiger partial charge on any atom is 0.261 e. The van der Waals surface area contributed by atoms with Crippen molar-refractivity contribution >= 4 is 38.9 Å². The van der Waals surface area contributed by atoms with Crippen LogP contribution in [0.5, 0.6) is 0 Å². The SMILES string of the molecule is CCc1ccccc1NS(=O)(=O)c1ccc2c(c1)CCCN2C(=O)c1cccc(Cl)c1. The van der Waals surface area contributed by atoms with E-state index in [1.165, 1.54) is 0 Å². The highest BCUT2D eigenvalue weighted by atomic mass is 35.5. The smallest absolute Gasteiger partial charge is 0.261 e. The Bertz CT molecular complexity index is 1240. The van der Waals surface area contributed by atoms with E-state index >= 15 is 0 Å². The molecule has 0 unspecified atom stereocenters. The van der Waals surface area contributed by atoms with E-state index in [0.717, 1.165) is 29.7 Å². The van der Waals surface area contributed by atoms with Crippen molar-refractivity contribution in [3.63, 3.8) is 0 Å². The van der Waals surface area contributed by atoms with Gasteiger partial charge in [0.15, 0.2) is 0 Å². The van der Waals surface area contributed by atoms with Gasteiger partial charge in [0.25, 0.3) is 15.9 Å². The van der Waals surface area contributed by atoms with E-state index in [2.05, 4.69) is 4.72 Å². The average Bonchev–Trinajstić information content (AvgIpc) is 2.78. The van der Waals surface area contributed by atoms with Crippen molar-refractivity contribution in [1.82, 2.24) is 0 Å². The number of benzene rings is 3. The molecule has 5 nitrogen and oxygen atoms in total. The highest BCUT2D eigenvalue weighted by molar-refractivity contribution is 7.92. The zero-order chi connectivity index (χ0) is 22.0. The van der Waals surface area contributed by atoms with E-state index in [1.54, 1.807) is 53.4 Å².